The van der Waals surface area contributed by atoms with Gasteiger partial charge < -0.3 is 0 Å². The Kier molecular flexibility index (Phi) is 3.27. The SMILES string of the molecule is N#Cc1c(Cl)c([N+](=O)[O-])cc([N+](=O)[O-])c1Cl. The summed E-state index contributed by atoms with van der Waals surface area (Å²) in [4.78, 5) is 19.2. The summed E-state index contributed by atoms with van der Waals surface area (Å²) in [5.74, 6) is 0. The molecule has 0 atom stereocenters. The van der Waals surface area contributed by atoms with Crippen molar-refractivity contribution in [2.24, 2.45) is 0 Å². The number of nitro benzene ring substituents is 2. The molecule has 16 heavy (non-hydrogen) atoms. The molecule has 1 aromatic carbocycles. The summed E-state index contributed by atoms with van der Waals surface area (Å²) in [6.45, 7) is 0. The molecule has 0 saturated carbocycles. The fourth-order valence-electron chi connectivity index (χ4n) is 0.973. The summed E-state index contributed by atoms with van der Waals surface area (Å²) in [6, 6.07) is 2.10. The van der Waals surface area contributed by atoms with Crippen LogP contribution in [-0.4, -0.2) is 9.85 Å². The van der Waals surface area contributed by atoms with Crippen molar-refractivity contribution in [3.63, 3.8) is 0 Å². The van der Waals surface area contributed by atoms with E-state index in [9.17, 15) is 20.2 Å². The van der Waals surface area contributed by atoms with Crippen molar-refractivity contribution in [1.29, 1.82) is 5.26 Å². The number of nitriles is 1. The van der Waals surface area contributed by atoms with Crippen molar-refractivity contribution >= 4 is 34.6 Å². The summed E-state index contributed by atoms with van der Waals surface area (Å²) >= 11 is 11.0. The molecule has 0 aliphatic rings. The Bertz CT molecular complexity index is 499. The van der Waals surface area contributed by atoms with Gasteiger partial charge in [-0.15, -0.1) is 0 Å². The largest absolute Gasteiger partial charge is 0.296 e. The first-order valence-corrected chi connectivity index (χ1v) is 4.36. The normalized spacial score (nSPS) is 9.56. The molecule has 0 fully saturated rings. The van der Waals surface area contributed by atoms with Crippen LogP contribution in [0.2, 0.25) is 10.0 Å². The molecule has 0 saturated heterocycles. The average Bonchev–Trinajstić information content (AvgIpc) is 2.17. The highest BCUT2D eigenvalue weighted by molar-refractivity contribution is 6.39. The minimum Gasteiger partial charge on any atom is -0.258 e. The highest BCUT2D eigenvalue weighted by atomic mass is 35.5. The van der Waals surface area contributed by atoms with Crippen LogP contribution in [0.4, 0.5) is 11.4 Å². The van der Waals surface area contributed by atoms with Crippen molar-refractivity contribution in [3.05, 3.63) is 41.9 Å². The first-order valence-electron chi connectivity index (χ1n) is 3.61. The Balaban J connectivity index is 3.71. The van der Waals surface area contributed by atoms with Crippen LogP contribution < -0.4 is 0 Å². The van der Waals surface area contributed by atoms with E-state index in [1.54, 1.807) is 0 Å². The zero-order valence-electron chi connectivity index (χ0n) is 7.31. The molecular formula is C7HCl2N3O4. The lowest BCUT2D eigenvalue weighted by Gasteiger charge is -2.01. The predicted octanol–water partition coefficient (Wildman–Crippen LogP) is 2.68. The maximum absolute atomic E-state index is 10.5. The van der Waals surface area contributed by atoms with Gasteiger partial charge in [0, 0.05) is 0 Å². The fraction of sp³-hybridized carbons (Fsp3) is 0. The van der Waals surface area contributed by atoms with Gasteiger partial charge >= 0.3 is 0 Å². The van der Waals surface area contributed by atoms with Crippen LogP contribution in [0.1, 0.15) is 5.56 Å². The second-order valence-electron chi connectivity index (χ2n) is 2.54. The Morgan fingerprint density at radius 3 is 1.75 bits per heavy atom. The smallest absolute Gasteiger partial charge is 0.258 e. The minimum atomic E-state index is -0.924. The molecular weight excluding hydrogens is 261 g/mol. The Morgan fingerprint density at radius 1 is 1.12 bits per heavy atom. The van der Waals surface area contributed by atoms with E-state index < -0.39 is 36.8 Å². The van der Waals surface area contributed by atoms with E-state index in [0.29, 0.717) is 6.07 Å². The topological polar surface area (TPSA) is 110 Å². The maximum atomic E-state index is 10.5. The molecule has 9 heteroatoms. The zero-order chi connectivity index (χ0) is 12.5. The van der Waals surface area contributed by atoms with E-state index in [0.717, 1.165) is 0 Å². The molecule has 1 rings (SSSR count). The Hall–Kier alpha value is -1.91. The number of hydrogen-bond donors (Lipinski definition) is 0. The second kappa shape index (κ2) is 4.30. The summed E-state index contributed by atoms with van der Waals surface area (Å²) in [6.07, 6.45) is 0. The summed E-state index contributed by atoms with van der Waals surface area (Å²) in [5.41, 5.74) is -1.94. The Labute approximate surface area is 98.1 Å². The molecule has 0 aliphatic heterocycles. The number of nitrogens with zero attached hydrogens (tertiary/aromatic N) is 3. The molecule has 0 unspecified atom stereocenters. The van der Waals surface area contributed by atoms with Crippen LogP contribution in [0.3, 0.4) is 0 Å². The molecule has 0 radical (unpaired) electrons. The highest BCUT2D eigenvalue weighted by Gasteiger charge is 2.28. The average molecular weight is 262 g/mol. The number of hydrogen-bond acceptors (Lipinski definition) is 5. The van der Waals surface area contributed by atoms with Gasteiger partial charge in [0.1, 0.15) is 21.7 Å². The fourth-order valence-corrected chi connectivity index (χ4v) is 1.54. The van der Waals surface area contributed by atoms with Gasteiger partial charge in [0.05, 0.1) is 15.9 Å². The molecule has 0 aliphatic carbocycles. The van der Waals surface area contributed by atoms with Crippen LogP contribution in [0, 0.1) is 31.6 Å². The van der Waals surface area contributed by atoms with Crippen molar-refractivity contribution in [3.8, 4) is 6.07 Å². The minimum absolute atomic E-state index is 0.482. The molecule has 0 spiro atoms. The molecule has 82 valence electrons. The van der Waals surface area contributed by atoms with Gasteiger partial charge in [-0.25, -0.2) is 0 Å². The molecule has 0 bridgehead atoms. The maximum Gasteiger partial charge on any atom is 0.296 e. The van der Waals surface area contributed by atoms with Gasteiger partial charge in [-0.1, -0.05) is 23.2 Å². The van der Waals surface area contributed by atoms with E-state index in [4.69, 9.17) is 28.5 Å². The molecule has 1 aromatic rings. The first kappa shape index (κ1) is 12.2. The Morgan fingerprint density at radius 2 is 1.50 bits per heavy atom. The molecule has 0 N–H and O–H groups in total. The van der Waals surface area contributed by atoms with Gasteiger partial charge in [0.2, 0.25) is 0 Å². The molecule has 0 heterocycles. The first-order chi connectivity index (χ1) is 7.40. The van der Waals surface area contributed by atoms with E-state index >= 15 is 0 Å². The van der Waals surface area contributed by atoms with E-state index in [2.05, 4.69) is 0 Å². The number of halogens is 2. The standard InChI is InChI=1S/C7HCl2N3O4/c8-6-3(2-10)7(9)5(12(15)16)1-4(6)11(13)14/h1H. The third-order valence-electron chi connectivity index (χ3n) is 1.67. The monoisotopic (exact) mass is 261 g/mol. The summed E-state index contributed by atoms with van der Waals surface area (Å²) < 4.78 is 0. The lowest BCUT2D eigenvalue weighted by atomic mass is 10.2. The van der Waals surface area contributed by atoms with E-state index in [1.807, 2.05) is 0 Å². The summed E-state index contributed by atoms with van der Waals surface area (Å²) in [7, 11) is 0. The quantitative estimate of drug-likeness (QED) is 0.600. The molecule has 0 aromatic heterocycles. The third-order valence-corrected chi connectivity index (χ3v) is 2.43. The van der Waals surface area contributed by atoms with Crippen LogP contribution in [-0.2, 0) is 0 Å². The van der Waals surface area contributed by atoms with Gasteiger partial charge in [0.25, 0.3) is 11.4 Å². The van der Waals surface area contributed by atoms with Gasteiger partial charge in [-0.2, -0.15) is 5.26 Å². The van der Waals surface area contributed by atoms with Crippen molar-refractivity contribution in [2.75, 3.05) is 0 Å². The van der Waals surface area contributed by atoms with Crippen molar-refractivity contribution in [2.45, 2.75) is 0 Å². The lowest BCUT2D eigenvalue weighted by Crippen LogP contribution is -1.97. The number of rotatable bonds is 2. The van der Waals surface area contributed by atoms with Gasteiger partial charge in [0.15, 0.2) is 0 Å². The lowest BCUT2D eigenvalue weighted by molar-refractivity contribution is -0.394. The van der Waals surface area contributed by atoms with Gasteiger partial charge in [-0.3, -0.25) is 20.2 Å². The van der Waals surface area contributed by atoms with Crippen LogP contribution in [0.25, 0.3) is 0 Å². The van der Waals surface area contributed by atoms with Crippen molar-refractivity contribution < 1.29 is 9.85 Å². The van der Waals surface area contributed by atoms with E-state index in [1.165, 1.54) is 6.07 Å². The van der Waals surface area contributed by atoms with Crippen LogP contribution >= 0.6 is 23.2 Å². The highest BCUT2D eigenvalue weighted by Crippen LogP contribution is 2.39. The van der Waals surface area contributed by atoms with Crippen LogP contribution in [0.5, 0.6) is 0 Å². The van der Waals surface area contributed by atoms with Crippen LogP contribution in [0.15, 0.2) is 6.07 Å². The second-order valence-corrected chi connectivity index (χ2v) is 3.30. The molecule has 0 amide bonds. The zero-order valence-corrected chi connectivity index (χ0v) is 8.82. The number of nitro groups is 2. The summed E-state index contributed by atoms with van der Waals surface area (Å²) in [5, 5.41) is 28.7. The van der Waals surface area contributed by atoms with Crippen molar-refractivity contribution in [1.82, 2.24) is 0 Å². The molecule has 7 nitrogen and oxygen atoms in total. The number of benzene rings is 1. The van der Waals surface area contributed by atoms with Gasteiger partial charge in [-0.05, 0) is 0 Å². The predicted molar refractivity (Wildman–Crippen MR) is 54.5 cm³/mol. The van der Waals surface area contributed by atoms with E-state index in [-0.39, 0.29) is 0 Å². The third kappa shape index (κ3) is 1.88.